The van der Waals surface area contributed by atoms with Crippen LogP contribution in [0.15, 0.2) is 35.7 Å². The topological polar surface area (TPSA) is 69.6 Å². The highest BCUT2D eigenvalue weighted by Gasteiger charge is 2.12. The standard InChI is InChI=1S/C16H18N2O3S/c1-18(2)9-12-5-3-4-11(6-12)8-17-15(19)13-7-14(16(20)21)22-10-13/h3-7,10H,8-9H2,1-2H3,(H,17,19)(H,20,21). The quantitative estimate of drug-likeness (QED) is 0.858. The summed E-state index contributed by atoms with van der Waals surface area (Å²) in [5.74, 6) is -1.28. The maximum absolute atomic E-state index is 12.0. The van der Waals surface area contributed by atoms with E-state index in [-0.39, 0.29) is 10.8 Å². The number of hydrogen-bond acceptors (Lipinski definition) is 4. The molecule has 0 saturated carbocycles. The van der Waals surface area contributed by atoms with Gasteiger partial charge in [0.15, 0.2) is 0 Å². The van der Waals surface area contributed by atoms with Gasteiger partial charge in [0, 0.05) is 18.5 Å². The van der Waals surface area contributed by atoms with E-state index in [0.717, 1.165) is 23.4 Å². The molecule has 0 fully saturated rings. The number of thiophene rings is 1. The van der Waals surface area contributed by atoms with Crippen LogP contribution in [0.5, 0.6) is 0 Å². The van der Waals surface area contributed by atoms with E-state index in [1.807, 2.05) is 32.3 Å². The van der Waals surface area contributed by atoms with Crippen LogP contribution in [0.3, 0.4) is 0 Å². The predicted molar refractivity (Wildman–Crippen MR) is 86.3 cm³/mol. The summed E-state index contributed by atoms with van der Waals surface area (Å²) in [6.45, 7) is 1.26. The molecule has 0 saturated heterocycles. The lowest BCUT2D eigenvalue weighted by Gasteiger charge is -2.11. The summed E-state index contributed by atoms with van der Waals surface area (Å²) in [4.78, 5) is 25.1. The van der Waals surface area contributed by atoms with Crippen LogP contribution in [0.1, 0.15) is 31.2 Å². The highest BCUT2D eigenvalue weighted by Crippen LogP contribution is 2.15. The number of nitrogens with zero attached hydrogens (tertiary/aromatic N) is 1. The third-order valence-electron chi connectivity index (χ3n) is 3.02. The minimum absolute atomic E-state index is 0.165. The Bertz CT molecular complexity index is 680. The van der Waals surface area contributed by atoms with Crippen LogP contribution in [0.25, 0.3) is 0 Å². The zero-order chi connectivity index (χ0) is 16.1. The summed E-state index contributed by atoms with van der Waals surface area (Å²) in [5, 5.41) is 13.2. The van der Waals surface area contributed by atoms with E-state index in [9.17, 15) is 9.59 Å². The summed E-state index contributed by atoms with van der Waals surface area (Å²) in [6.07, 6.45) is 0. The van der Waals surface area contributed by atoms with Gasteiger partial charge in [0.2, 0.25) is 0 Å². The second-order valence-corrected chi connectivity index (χ2v) is 6.16. The molecule has 0 atom stereocenters. The van der Waals surface area contributed by atoms with Crippen LogP contribution in [0, 0.1) is 0 Å². The summed E-state index contributed by atoms with van der Waals surface area (Å²) in [7, 11) is 4.01. The average molecular weight is 318 g/mol. The van der Waals surface area contributed by atoms with Crippen LogP contribution in [-0.2, 0) is 13.1 Å². The molecule has 1 heterocycles. The fourth-order valence-corrected chi connectivity index (χ4v) is 2.78. The summed E-state index contributed by atoms with van der Waals surface area (Å²) in [6, 6.07) is 9.41. The molecule has 2 aromatic rings. The summed E-state index contributed by atoms with van der Waals surface area (Å²) < 4.78 is 0. The number of carbonyl (C=O) groups is 2. The summed E-state index contributed by atoms with van der Waals surface area (Å²) in [5.41, 5.74) is 2.58. The van der Waals surface area contributed by atoms with E-state index < -0.39 is 5.97 Å². The van der Waals surface area contributed by atoms with Gasteiger partial charge in [-0.25, -0.2) is 4.79 Å². The van der Waals surface area contributed by atoms with E-state index in [4.69, 9.17) is 5.11 Å². The Labute approximate surface area is 133 Å². The number of nitrogens with one attached hydrogen (secondary N) is 1. The molecule has 1 aromatic heterocycles. The van der Waals surface area contributed by atoms with E-state index in [2.05, 4.69) is 16.3 Å². The van der Waals surface area contributed by atoms with Crippen LogP contribution in [0.4, 0.5) is 0 Å². The Morgan fingerprint density at radius 1 is 1.23 bits per heavy atom. The molecule has 0 aliphatic heterocycles. The first-order valence-corrected chi connectivity index (χ1v) is 7.66. The molecule has 0 spiro atoms. The number of hydrogen-bond donors (Lipinski definition) is 2. The number of rotatable bonds is 6. The molecule has 22 heavy (non-hydrogen) atoms. The van der Waals surface area contributed by atoms with Crippen molar-refractivity contribution in [2.24, 2.45) is 0 Å². The molecule has 0 unspecified atom stereocenters. The Kier molecular flexibility index (Phi) is 5.30. The molecule has 1 aromatic carbocycles. The van der Waals surface area contributed by atoms with Crippen molar-refractivity contribution in [2.45, 2.75) is 13.1 Å². The van der Waals surface area contributed by atoms with Crippen LogP contribution in [-0.4, -0.2) is 36.0 Å². The first-order chi connectivity index (χ1) is 10.5. The van der Waals surface area contributed by atoms with Crippen molar-refractivity contribution < 1.29 is 14.7 Å². The first-order valence-electron chi connectivity index (χ1n) is 6.78. The average Bonchev–Trinajstić information content (AvgIpc) is 2.94. The van der Waals surface area contributed by atoms with E-state index >= 15 is 0 Å². The van der Waals surface area contributed by atoms with Gasteiger partial charge >= 0.3 is 5.97 Å². The molecule has 0 bridgehead atoms. The molecule has 6 heteroatoms. The summed E-state index contributed by atoms with van der Waals surface area (Å²) >= 11 is 1.05. The lowest BCUT2D eigenvalue weighted by Crippen LogP contribution is -2.22. The minimum Gasteiger partial charge on any atom is -0.477 e. The van der Waals surface area contributed by atoms with Gasteiger partial charge in [0.1, 0.15) is 4.88 Å². The van der Waals surface area contributed by atoms with Crippen molar-refractivity contribution >= 4 is 23.2 Å². The fraction of sp³-hybridized carbons (Fsp3) is 0.250. The third-order valence-corrected chi connectivity index (χ3v) is 3.93. The van der Waals surface area contributed by atoms with Crippen molar-refractivity contribution in [1.82, 2.24) is 10.2 Å². The smallest absolute Gasteiger partial charge is 0.345 e. The minimum atomic E-state index is -1.01. The molecule has 2 rings (SSSR count). The van der Waals surface area contributed by atoms with E-state index in [1.54, 1.807) is 5.38 Å². The molecular weight excluding hydrogens is 300 g/mol. The van der Waals surface area contributed by atoms with Crippen molar-refractivity contribution in [3.63, 3.8) is 0 Å². The SMILES string of the molecule is CN(C)Cc1cccc(CNC(=O)c2csc(C(=O)O)c2)c1. The highest BCUT2D eigenvalue weighted by molar-refractivity contribution is 7.12. The fourth-order valence-electron chi connectivity index (χ4n) is 2.05. The van der Waals surface area contributed by atoms with E-state index in [1.165, 1.54) is 11.6 Å². The lowest BCUT2D eigenvalue weighted by molar-refractivity contribution is 0.0702. The molecule has 0 aliphatic rings. The maximum atomic E-state index is 12.0. The van der Waals surface area contributed by atoms with Crippen molar-refractivity contribution in [3.05, 3.63) is 57.3 Å². The molecule has 116 valence electrons. The van der Waals surface area contributed by atoms with Gasteiger partial charge in [-0.3, -0.25) is 4.79 Å². The second kappa shape index (κ2) is 7.20. The Hall–Kier alpha value is -2.18. The number of benzene rings is 1. The zero-order valence-corrected chi connectivity index (χ0v) is 13.3. The predicted octanol–water partition coefficient (Wildman–Crippen LogP) is 2.44. The van der Waals surface area contributed by atoms with Crippen molar-refractivity contribution in [2.75, 3.05) is 14.1 Å². The first kappa shape index (κ1) is 16.2. The second-order valence-electron chi connectivity index (χ2n) is 5.25. The molecule has 0 radical (unpaired) electrons. The van der Waals surface area contributed by atoms with Gasteiger partial charge in [-0.2, -0.15) is 0 Å². The van der Waals surface area contributed by atoms with Gasteiger partial charge in [0.05, 0.1) is 5.56 Å². The maximum Gasteiger partial charge on any atom is 0.345 e. The monoisotopic (exact) mass is 318 g/mol. The van der Waals surface area contributed by atoms with Gasteiger partial charge in [-0.1, -0.05) is 24.3 Å². The normalized spacial score (nSPS) is 10.7. The number of carboxylic acid groups (broad SMARTS) is 1. The van der Waals surface area contributed by atoms with Gasteiger partial charge in [0.25, 0.3) is 5.91 Å². The molecule has 2 N–H and O–H groups in total. The molecule has 0 aliphatic carbocycles. The number of amides is 1. The van der Waals surface area contributed by atoms with Crippen LogP contribution < -0.4 is 5.32 Å². The zero-order valence-electron chi connectivity index (χ0n) is 12.5. The van der Waals surface area contributed by atoms with Crippen molar-refractivity contribution in [1.29, 1.82) is 0 Å². The number of carbonyl (C=O) groups excluding carboxylic acids is 1. The Morgan fingerprint density at radius 2 is 1.95 bits per heavy atom. The molecule has 5 nitrogen and oxygen atoms in total. The van der Waals surface area contributed by atoms with E-state index in [0.29, 0.717) is 12.1 Å². The number of aromatic carboxylic acids is 1. The van der Waals surface area contributed by atoms with Crippen LogP contribution in [0.2, 0.25) is 0 Å². The number of carboxylic acids is 1. The van der Waals surface area contributed by atoms with Crippen molar-refractivity contribution in [3.8, 4) is 0 Å². The van der Waals surface area contributed by atoms with Gasteiger partial charge in [-0.15, -0.1) is 11.3 Å². The lowest BCUT2D eigenvalue weighted by atomic mass is 10.1. The molecule has 1 amide bonds. The van der Waals surface area contributed by atoms with Crippen LogP contribution >= 0.6 is 11.3 Å². The van der Waals surface area contributed by atoms with Gasteiger partial charge < -0.3 is 15.3 Å². The molecular formula is C16H18N2O3S. The third kappa shape index (κ3) is 4.41. The Morgan fingerprint density at radius 3 is 2.59 bits per heavy atom. The van der Waals surface area contributed by atoms with Gasteiger partial charge in [-0.05, 0) is 31.3 Å². The highest BCUT2D eigenvalue weighted by atomic mass is 32.1. The Balaban J connectivity index is 1.97. The largest absolute Gasteiger partial charge is 0.477 e.